The summed E-state index contributed by atoms with van der Waals surface area (Å²) in [5, 5.41) is 2.68. The molecule has 0 aliphatic heterocycles. The topological polar surface area (TPSA) is 0 Å². The fraction of sp³-hybridized carbons (Fsp3) is 0.222. The SMILES string of the molecule is Cc1ccc(CCCc2ccc(-c3ccc(CCCc4ccc5cc(C)ccc5c4)cc3)cc2)cc1. The molecule has 0 aromatic heterocycles. The lowest BCUT2D eigenvalue weighted by Gasteiger charge is -2.08. The van der Waals surface area contributed by atoms with Gasteiger partial charge in [0.15, 0.2) is 0 Å². The average molecular weight is 469 g/mol. The van der Waals surface area contributed by atoms with E-state index in [-0.39, 0.29) is 0 Å². The van der Waals surface area contributed by atoms with E-state index in [9.17, 15) is 0 Å². The Morgan fingerprint density at radius 1 is 0.361 bits per heavy atom. The van der Waals surface area contributed by atoms with Crippen LogP contribution in [-0.2, 0) is 25.7 Å². The number of fused-ring (bicyclic) bond motifs is 1. The zero-order valence-electron chi connectivity index (χ0n) is 21.6. The molecule has 0 nitrogen and oxygen atoms in total. The van der Waals surface area contributed by atoms with E-state index in [2.05, 4.69) is 123 Å². The summed E-state index contributed by atoms with van der Waals surface area (Å²) in [5.74, 6) is 0. The predicted octanol–water partition coefficient (Wildman–Crippen LogP) is 9.47. The van der Waals surface area contributed by atoms with Crippen LogP contribution in [0.4, 0.5) is 0 Å². The van der Waals surface area contributed by atoms with Crippen LogP contribution in [0.25, 0.3) is 21.9 Å². The lowest BCUT2D eigenvalue weighted by Crippen LogP contribution is -1.91. The highest BCUT2D eigenvalue weighted by molar-refractivity contribution is 5.83. The van der Waals surface area contributed by atoms with Gasteiger partial charge in [0.25, 0.3) is 0 Å². The summed E-state index contributed by atoms with van der Waals surface area (Å²) < 4.78 is 0. The van der Waals surface area contributed by atoms with Crippen LogP contribution >= 0.6 is 0 Å². The normalized spacial score (nSPS) is 11.2. The molecule has 0 aliphatic carbocycles. The van der Waals surface area contributed by atoms with Gasteiger partial charge in [-0.3, -0.25) is 0 Å². The molecule has 5 aromatic carbocycles. The van der Waals surface area contributed by atoms with Gasteiger partial charge in [-0.05, 0) is 96.5 Å². The molecule has 0 heterocycles. The molecule has 0 saturated carbocycles. The highest BCUT2D eigenvalue weighted by atomic mass is 14.1. The van der Waals surface area contributed by atoms with E-state index in [4.69, 9.17) is 0 Å². The van der Waals surface area contributed by atoms with Crippen LogP contribution in [0, 0.1) is 13.8 Å². The van der Waals surface area contributed by atoms with E-state index in [0.29, 0.717) is 0 Å². The first kappa shape index (κ1) is 24.1. The fourth-order valence-corrected chi connectivity index (χ4v) is 5.05. The van der Waals surface area contributed by atoms with Crippen molar-refractivity contribution in [2.24, 2.45) is 0 Å². The second kappa shape index (κ2) is 11.4. The lowest BCUT2D eigenvalue weighted by molar-refractivity contribution is 0.820. The Morgan fingerprint density at radius 3 is 1.31 bits per heavy atom. The fourth-order valence-electron chi connectivity index (χ4n) is 5.05. The van der Waals surface area contributed by atoms with Crippen molar-refractivity contribution < 1.29 is 0 Å². The molecule has 0 atom stereocenters. The van der Waals surface area contributed by atoms with Crippen molar-refractivity contribution in [2.75, 3.05) is 0 Å². The van der Waals surface area contributed by atoms with Gasteiger partial charge in [-0.2, -0.15) is 0 Å². The van der Waals surface area contributed by atoms with Crippen LogP contribution < -0.4 is 0 Å². The van der Waals surface area contributed by atoms with Gasteiger partial charge in [0.05, 0.1) is 0 Å². The summed E-state index contributed by atoms with van der Waals surface area (Å²) in [6, 6.07) is 40.8. The van der Waals surface area contributed by atoms with Crippen LogP contribution in [0.3, 0.4) is 0 Å². The van der Waals surface area contributed by atoms with E-state index >= 15 is 0 Å². The lowest BCUT2D eigenvalue weighted by atomic mass is 9.97. The summed E-state index contributed by atoms with van der Waals surface area (Å²) in [6.07, 6.45) is 6.88. The number of benzene rings is 5. The van der Waals surface area contributed by atoms with E-state index in [1.807, 2.05) is 0 Å². The number of aryl methyl sites for hydroxylation is 6. The van der Waals surface area contributed by atoms with Gasteiger partial charge < -0.3 is 0 Å². The quantitative estimate of drug-likeness (QED) is 0.202. The van der Waals surface area contributed by atoms with Crippen LogP contribution in [0.1, 0.15) is 46.2 Å². The van der Waals surface area contributed by atoms with Gasteiger partial charge >= 0.3 is 0 Å². The minimum atomic E-state index is 1.12. The molecule has 0 N–H and O–H groups in total. The predicted molar refractivity (Wildman–Crippen MR) is 156 cm³/mol. The van der Waals surface area contributed by atoms with Crippen molar-refractivity contribution in [1.29, 1.82) is 0 Å². The van der Waals surface area contributed by atoms with Crippen molar-refractivity contribution >= 4 is 10.8 Å². The maximum Gasteiger partial charge on any atom is -0.0181 e. The molecule has 5 aromatic rings. The first-order valence-electron chi connectivity index (χ1n) is 13.4. The number of hydrogen-bond acceptors (Lipinski definition) is 0. The molecular formula is C36H36. The molecule has 0 saturated heterocycles. The van der Waals surface area contributed by atoms with Gasteiger partial charge in [0, 0.05) is 0 Å². The Kier molecular flexibility index (Phi) is 7.62. The zero-order valence-corrected chi connectivity index (χ0v) is 21.6. The Labute approximate surface area is 216 Å². The van der Waals surface area contributed by atoms with Gasteiger partial charge in [-0.15, -0.1) is 0 Å². The Morgan fingerprint density at radius 2 is 0.750 bits per heavy atom. The van der Waals surface area contributed by atoms with Crippen molar-refractivity contribution in [3.8, 4) is 11.1 Å². The van der Waals surface area contributed by atoms with Crippen molar-refractivity contribution in [3.63, 3.8) is 0 Å². The first-order valence-corrected chi connectivity index (χ1v) is 13.4. The van der Waals surface area contributed by atoms with Crippen LogP contribution in [0.5, 0.6) is 0 Å². The number of hydrogen-bond donors (Lipinski definition) is 0. The monoisotopic (exact) mass is 468 g/mol. The minimum absolute atomic E-state index is 1.12. The molecule has 36 heavy (non-hydrogen) atoms. The Hall–Kier alpha value is -3.64. The third kappa shape index (κ3) is 6.32. The second-order valence-corrected chi connectivity index (χ2v) is 10.3. The molecule has 0 radical (unpaired) electrons. The second-order valence-electron chi connectivity index (χ2n) is 10.3. The summed E-state index contributed by atoms with van der Waals surface area (Å²) in [4.78, 5) is 0. The van der Waals surface area contributed by atoms with Gasteiger partial charge in [-0.1, -0.05) is 120 Å². The first-order chi connectivity index (χ1) is 17.6. The molecule has 180 valence electrons. The van der Waals surface area contributed by atoms with Gasteiger partial charge in [-0.25, -0.2) is 0 Å². The third-order valence-electron chi connectivity index (χ3n) is 7.28. The average Bonchev–Trinajstić information content (AvgIpc) is 2.91. The molecule has 0 unspecified atom stereocenters. The zero-order chi connectivity index (χ0) is 24.7. The summed E-state index contributed by atoms with van der Waals surface area (Å²) in [6.45, 7) is 4.30. The molecule has 0 bridgehead atoms. The van der Waals surface area contributed by atoms with Crippen molar-refractivity contribution in [3.05, 3.63) is 143 Å². The third-order valence-corrected chi connectivity index (χ3v) is 7.28. The minimum Gasteiger partial charge on any atom is -0.0591 e. The molecular weight excluding hydrogens is 432 g/mol. The Balaban J connectivity index is 1.10. The Bertz CT molecular complexity index is 1400. The molecule has 0 aliphatic rings. The summed E-state index contributed by atoms with van der Waals surface area (Å²) in [5.41, 5.74) is 11.0. The van der Waals surface area contributed by atoms with Crippen LogP contribution in [-0.4, -0.2) is 0 Å². The molecule has 5 rings (SSSR count). The van der Waals surface area contributed by atoms with E-state index in [1.165, 1.54) is 68.1 Å². The van der Waals surface area contributed by atoms with Crippen molar-refractivity contribution in [2.45, 2.75) is 52.4 Å². The maximum atomic E-state index is 2.35. The summed E-state index contributed by atoms with van der Waals surface area (Å²) >= 11 is 0. The highest BCUT2D eigenvalue weighted by Crippen LogP contribution is 2.23. The van der Waals surface area contributed by atoms with Gasteiger partial charge in [0.1, 0.15) is 0 Å². The van der Waals surface area contributed by atoms with E-state index in [1.54, 1.807) is 0 Å². The van der Waals surface area contributed by atoms with Crippen LogP contribution in [0.2, 0.25) is 0 Å². The number of rotatable bonds is 9. The van der Waals surface area contributed by atoms with E-state index in [0.717, 1.165) is 25.7 Å². The maximum absolute atomic E-state index is 2.35. The molecule has 0 fully saturated rings. The largest absolute Gasteiger partial charge is 0.0591 e. The van der Waals surface area contributed by atoms with Gasteiger partial charge in [0.2, 0.25) is 0 Å². The standard InChI is InChI=1S/C36H36/c1-27-9-12-29(13-10-27)5-3-6-30-14-20-33(21-15-30)34-22-16-31(17-23-34)7-4-8-32-18-24-35-25-28(2)11-19-36(35)26-32/h9-26H,3-8H2,1-2H3. The summed E-state index contributed by atoms with van der Waals surface area (Å²) in [7, 11) is 0. The van der Waals surface area contributed by atoms with Crippen molar-refractivity contribution in [1.82, 2.24) is 0 Å². The molecule has 0 amide bonds. The smallest absolute Gasteiger partial charge is 0.0181 e. The highest BCUT2D eigenvalue weighted by Gasteiger charge is 2.02. The molecule has 0 heteroatoms. The van der Waals surface area contributed by atoms with E-state index < -0.39 is 0 Å². The van der Waals surface area contributed by atoms with Crippen LogP contribution in [0.15, 0.2) is 109 Å². The molecule has 0 spiro atoms.